The molecule has 1 atom stereocenters. The highest BCUT2D eigenvalue weighted by atomic mass is 32.1. The number of rotatable bonds is 5. The summed E-state index contributed by atoms with van der Waals surface area (Å²) in [5, 5.41) is 15.1. The molecule has 7 nitrogen and oxygen atoms in total. The number of hydrogen-bond donors (Lipinski definition) is 2. The van der Waals surface area contributed by atoms with Gasteiger partial charge in [0.25, 0.3) is 0 Å². The fourth-order valence-electron chi connectivity index (χ4n) is 3.04. The molecule has 2 aromatic heterocycles. The van der Waals surface area contributed by atoms with Crippen molar-refractivity contribution in [2.75, 3.05) is 18.4 Å². The molecule has 0 spiro atoms. The minimum Gasteiger partial charge on any atom is -0.480 e. The maximum absolute atomic E-state index is 11.1. The molecule has 1 fully saturated rings. The van der Waals surface area contributed by atoms with Crippen molar-refractivity contribution in [2.24, 2.45) is 0 Å². The normalized spacial score (nSPS) is 18.5. The lowest BCUT2D eigenvalue weighted by atomic mass is 9.99. The van der Waals surface area contributed by atoms with E-state index in [-0.39, 0.29) is 12.6 Å². The van der Waals surface area contributed by atoms with Crippen LogP contribution in [0.5, 0.6) is 0 Å². The number of thiazole rings is 1. The van der Waals surface area contributed by atoms with E-state index >= 15 is 0 Å². The summed E-state index contributed by atoms with van der Waals surface area (Å²) < 4.78 is 0. The molecule has 0 aromatic carbocycles. The second-order valence-corrected chi connectivity index (χ2v) is 6.88. The maximum Gasteiger partial charge on any atom is 0.317 e. The quantitative estimate of drug-likeness (QED) is 0.859. The minimum atomic E-state index is -0.802. The minimum absolute atomic E-state index is 0.0233. The first-order valence-corrected chi connectivity index (χ1v) is 8.90. The Kier molecular flexibility index (Phi) is 5.06. The zero-order chi connectivity index (χ0) is 17.1. The summed E-state index contributed by atoms with van der Waals surface area (Å²) >= 11 is 1.53. The third-order valence-corrected chi connectivity index (χ3v) is 4.88. The van der Waals surface area contributed by atoms with Crippen LogP contribution in [0.4, 0.5) is 10.9 Å². The Morgan fingerprint density at radius 1 is 1.38 bits per heavy atom. The average Bonchev–Trinajstić information content (AvgIpc) is 2.91. The van der Waals surface area contributed by atoms with Crippen LogP contribution in [0.1, 0.15) is 42.5 Å². The van der Waals surface area contributed by atoms with Crippen LogP contribution in [0.25, 0.3) is 0 Å². The van der Waals surface area contributed by atoms with E-state index in [9.17, 15) is 4.79 Å². The highest BCUT2D eigenvalue weighted by Crippen LogP contribution is 2.31. The summed E-state index contributed by atoms with van der Waals surface area (Å²) in [7, 11) is 0. The van der Waals surface area contributed by atoms with E-state index in [2.05, 4.69) is 20.3 Å². The molecule has 128 valence electrons. The van der Waals surface area contributed by atoms with E-state index in [0.29, 0.717) is 11.6 Å². The lowest BCUT2D eigenvalue weighted by Gasteiger charge is -2.34. The molecule has 2 N–H and O–H groups in total. The van der Waals surface area contributed by atoms with Crippen LogP contribution in [0.3, 0.4) is 0 Å². The van der Waals surface area contributed by atoms with Gasteiger partial charge in [-0.25, -0.2) is 15.0 Å². The molecule has 0 aliphatic carbocycles. The van der Waals surface area contributed by atoms with Gasteiger partial charge in [0.1, 0.15) is 11.6 Å². The smallest absolute Gasteiger partial charge is 0.317 e. The number of anilines is 2. The number of aryl methyl sites for hydroxylation is 2. The second kappa shape index (κ2) is 7.23. The summed E-state index contributed by atoms with van der Waals surface area (Å²) in [6.07, 6.45) is 3.02. The van der Waals surface area contributed by atoms with E-state index < -0.39 is 5.97 Å². The van der Waals surface area contributed by atoms with Crippen molar-refractivity contribution in [1.29, 1.82) is 0 Å². The number of carbonyl (C=O) groups is 1. The van der Waals surface area contributed by atoms with Crippen LogP contribution in [0, 0.1) is 13.8 Å². The van der Waals surface area contributed by atoms with Gasteiger partial charge in [0.2, 0.25) is 0 Å². The Morgan fingerprint density at radius 2 is 2.21 bits per heavy atom. The highest BCUT2D eigenvalue weighted by molar-refractivity contribution is 7.13. The van der Waals surface area contributed by atoms with Gasteiger partial charge in [-0.3, -0.25) is 9.69 Å². The number of nitrogens with one attached hydrogen (secondary N) is 1. The summed E-state index contributed by atoms with van der Waals surface area (Å²) in [5.74, 6) is 0.570. The number of likely N-dealkylation sites (tertiary alicyclic amines) is 1. The summed E-state index contributed by atoms with van der Waals surface area (Å²) in [6.45, 7) is 4.63. The molecule has 2 aromatic rings. The monoisotopic (exact) mass is 347 g/mol. The first-order valence-electron chi connectivity index (χ1n) is 8.02. The van der Waals surface area contributed by atoms with Crippen molar-refractivity contribution in [1.82, 2.24) is 19.9 Å². The van der Waals surface area contributed by atoms with Crippen LogP contribution in [0.2, 0.25) is 0 Å². The van der Waals surface area contributed by atoms with Gasteiger partial charge in [-0.1, -0.05) is 6.42 Å². The fraction of sp³-hybridized carbons (Fsp3) is 0.500. The van der Waals surface area contributed by atoms with Gasteiger partial charge in [-0.2, -0.15) is 0 Å². The zero-order valence-corrected chi connectivity index (χ0v) is 14.6. The summed E-state index contributed by atoms with van der Waals surface area (Å²) in [6, 6.07) is 1.93. The topological polar surface area (TPSA) is 91.2 Å². The van der Waals surface area contributed by atoms with Crippen molar-refractivity contribution >= 4 is 28.3 Å². The lowest BCUT2D eigenvalue weighted by Crippen LogP contribution is -2.37. The van der Waals surface area contributed by atoms with Crippen LogP contribution >= 0.6 is 11.3 Å². The third kappa shape index (κ3) is 4.07. The molecule has 1 saturated heterocycles. The number of aliphatic carboxylic acids is 1. The SMILES string of the molecule is Cc1csc(Nc2cc([C@H]3CCCCN3CC(=O)O)nc(C)n2)n1. The average molecular weight is 347 g/mol. The van der Waals surface area contributed by atoms with Crippen LogP contribution in [-0.2, 0) is 4.79 Å². The standard InChI is InChI=1S/C16H21N5O2S/c1-10-9-24-16(17-10)20-14-7-12(18-11(2)19-14)13-5-3-4-6-21(13)8-15(22)23/h7,9,13H,3-6,8H2,1-2H3,(H,22,23)(H,17,18,19,20)/t13-/m1/s1. The molecular weight excluding hydrogens is 326 g/mol. The van der Waals surface area contributed by atoms with Gasteiger partial charge >= 0.3 is 5.97 Å². The van der Waals surface area contributed by atoms with E-state index in [1.54, 1.807) is 0 Å². The van der Waals surface area contributed by atoms with Crippen molar-refractivity contribution in [3.8, 4) is 0 Å². The van der Waals surface area contributed by atoms with Crippen molar-refractivity contribution in [2.45, 2.75) is 39.2 Å². The van der Waals surface area contributed by atoms with Gasteiger partial charge < -0.3 is 10.4 Å². The number of aromatic nitrogens is 3. The van der Waals surface area contributed by atoms with E-state index in [4.69, 9.17) is 5.11 Å². The van der Waals surface area contributed by atoms with E-state index in [0.717, 1.165) is 42.3 Å². The molecule has 3 heterocycles. The molecular formula is C16H21N5O2S. The first-order chi connectivity index (χ1) is 11.5. The predicted molar refractivity (Wildman–Crippen MR) is 92.7 cm³/mol. The molecule has 0 bridgehead atoms. The van der Waals surface area contributed by atoms with Crippen molar-refractivity contribution < 1.29 is 9.90 Å². The summed E-state index contributed by atoms with van der Waals surface area (Å²) in [5.41, 5.74) is 1.84. The largest absolute Gasteiger partial charge is 0.480 e. The molecule has 3 rings (SSSR count). The third-order valence-electron chi connectivity index (χ3n) is 4.01. The molecule has 24 heavy (non-hydrogen) atoms. The fourth-order valence-corrected chi connectivity index (χ4v) is 3.73. The molecule has 0 saturated carbocycles. The Hall–Kier alpha value is -2.06. The molecule has 8 heteroatoms. The lowest BCUT2D eigenvalue weighted by molar-refractivity contribution is -0.139. The predicted octanol–water partition coefficient (Wildman–Crippen LogP) is 2.91. The first kappa shape index (κ1) is 16.8. The van der Waals surface area contributed by atoms with Crippen LogP contribution in [-0.4, -0.2) is 44.0 Å². The Labute approximate surface area is 144 Å². The molecule has 1 aliphatic heterocycles. The molecule has 1 aliphatic rings. The Morgan fingerprint density at radius 3 is 2.92 bits per heavy atom. The molecule has 0 amide bonds. The molecule has 0 unspecified atom stereocenters. The second-order valence-electron chi connectivity index (χ2n) is 6.02. The number of hydrogen-bond acceptors (Lipinski definition) is 7. The van der Waals surface area contributed by atoms with Crippen molar-refractivity contribution in [3.05, 3.63) is 28.7 Å². The molecule has 0 radical (unpaired) electrons. The van der Waals surface area contributed by atoms with E-state index in [1.807, 2.05) is 30.2 Å². The van der Waals surface area contributed by atoms with Crippen LogP contribution < -0.4 is 5.32 Å². The zero-order valence-electron chi connectivity index (χ0n) is 13.8. The van der Waals surface area contributed by atoms with Gasteiger partial charge in [0.05, 0.1) is 24.0 Å². The van der Waals surface area contributed by atoms with Crippen LogP contribution in [0.15, 0.2) is 11.4 Å². The number of nitrogens with zero attached hydrogens (tertiary/aromatic N) is 4. The summed E-state index contributed by atoms with van der Waals surface area (Å²) in [4.78, 5) is 26.5. The van der Waals surface area contributed by atoms with Crippen molar-refractivity contribution in [3.63, 3.8) is 0 Å². The number of carboxylic acid groups (broad SMARTS) is 1. The van der Waals surface area contributed by atoms with E-state index in [1.165, 1.54) is 11.3 Å². The number of piperidine rings is 1. The Balaban J connectivity index is 1.85. The highest BCUT2D eigenvalue weighted by Gasteiger charge is 2.27. The maximum atomic E-state index is 11.1. The van der Waals surface area contributed by atoms with Gasteiger partial charge in [0.15, 0.2) is 5.13 Å². The Bertz CT molecular complexity index is 733. The van der Waals surface area contributed by atoms with Gasteiger partial charge in [-0.05, 0) is 33.2 Å². The van der Waals surface area contributed by atoms with Gasteiger partial charge in [-0.15, -0.1) is 11.3 Å². The number of carboxylic acids is 1. The van der Waals surface area contributed by atoms with Gasteiger partial charge in [0, 0.05) is 11.4 Å².